The summed E-state index contributed by atoms with van der Waals surface area (Å²) in [6, 6.07) is 8.10. The molecule has 0 aliphatic heterocycles. The zero-order valence-electron chi connectivity index (χ0n) is 13.8. The summed E-state index contributed by atoms with van der Waals surface area (Å²) in [4.78, 5) is 5.84. The highest BCUT2D eigenvalue weighted by Crippen LogP contribution is 2.40. The van der Waals surface area contributed by atoms with Gasteiger partial charge < -0.3 is 10.5 Å². The third kappa shape index (κ3) is 2.67. The van der Waals surface area contributed by atoms with Gasteiger partial charge in [0.25, 0.3) is 0 Å². The van der Waals surface area contributed by atoms with Crippen molar-refractivity contribution in [3.8, 4) is 17.0 Å². The normalized spacial score (nSPS) is 16.3. The van der Waals surface area contributed by atoms with Gasteiger partial charge in [-0.15, -0.1) is 11.3 Å². The Kier molecular flexibility index (Phi) is 3.76. The minimum atomic E-state index is 0.430. The van der Waals surface area contributed by atoms with Crippen LogP contribution in [-0.4, -0.2) is 21.9 Å². The topological polar surface area (TPSA) is 66.0 Å². The first-order valence-electron chi connectivity index (χ1n) is 8.10. The highest BCUT2D eigenvalue weighted by molar-refractivity contribution is 7.15. The van der Waals surface area contributed by atoms with Gasteiger partial charge in [-0.1, -0.05) is 19.1 Å². The third-order valence-electron chi connectivity index (χ3n) is 4.53. The Labute approximate surface area is 145 Å². The smallest absolute Gasteiger partial charge is 0.180 e. The maximum Gasteiger partial charge on any atom is 0.180 e. The molecule has 0 amide bonds. The van der Waals surface area contributed by atoms with Crippen molar-refractivity contribution in [3.63, 3.8) is 0 Å². The minimum Gasteiger partial charge on any atom is -0.497 e. The standard InChI is InChI=1S/C18H20N4OS/c1-11-3-8-15-17(20-18(19)24-15)14-10-22(21-16(11)14)9-12-4-6-13(23-2)7-5-12/h4-7,10-11H,3,8-9H2,1-2H3,(H2,19,20). The molecule has 0 spiro atoms. The number of ether oxygens (including phenoxy) is 1. The van der Waals surface area contributed by atoms with Gasteiger partial charge in [-0.25, -0.2) is 4.98 Å². The molecule has 0 radical (unpaired) electrons. The predicted octanol–water partition coefficient (Wildman–Crippen LogP) is 3.70. The summed E-state index contributed by atoms with van der Waals surface area (Å²) in [5.41, 5.74) is 10.4. The van der Waals surface area contributed by atoms with Crippen molar-refractivity contribution in [2.75, 3.05) is 12.8 Å². The maximum atomic E-state index is 5.93. The largest absolute Gasteiger partial charge is 0.497 e. The molecule has 0 bridgehead atoms. The van der Waals surface area contributed by atoms with Crippen molar-refractivity contribution < 1.29 is 4.74 Å². The molecule has 1 aromatic carbocycles. The molecule has 0 saturated heterocycles. The van der Waals surface area contributed by atoms with E-state index in [0.717, 1.165) is 42.1 Å². The zero-order chi connectivity index (χ0) is 16.7. The molecule has 2 heterocycles. The number of nitrogen functional groups attached to an aromatic ring is 1. The summed E-state index contributed by atoms with van der Waals surface area (Å²) in [5, 5.41) is 5.49. The summed E-state index contributed by atoms with van der Waals surface area (Å²) in [5.74, 6) is 1.30. The lowest BCUT2D eigenvalue weighted by Gasteiger charge is -2.06. The molecule has 0 saturated carbocycles. The number of methoxy groups -OCH3 is 1. The van der Waals surface area contributed by atoms with E-state index in [1.165, 1.54) is 10.4 Å². The molecule has 5 nitrogen and oxygen atoms in total. The minimum absolute atomic E-state index is 0.430. The molecule has 1 aliphatic carbocycles. The van der Waals surface area contributed by atoms with Crippen LogP contribution in [0.2, 0.25) is 0 Å². The van der Waals surface area contributed by atoms with Gasteiger partial charge in [0.2, 0.25) is 0 Å². The average molecular weight is 340 g/mol. The van der Waals surface area contributed by atoms with Gasteiger partial charge in [0.05, 0.1) is 25.0 Å². The molecule has 2 N–H and O–H groups in total. The van der Waals surface area contributed by atoms with E-state index < -0.39 is 0 Å². The van der Waals surface area contributed by atoms with Crippen LogP contribution in [0.25, 0.3) is 11.3 Å². The van der Waals surface area contributed by atoms with Crippen molar-refractivity contribution in [2.45, 2.75) is 32.2 Å². The van der Waals surface area contributed by atoms with Crippen molar-refractivity contribution in [3.05, 3.63) is 46.6 Å². The van der Waals surface area contributed by atoms with Crippen LogP contribution < -0.4 is 10.5 Å². The average Bonchev–Trinajstić information content (AvgIpc) is 3.14. The Hall–Kier alpha value is -2.34. The molecular weight excluding hydrogens is 320 g/mol. The number of thiazole rings is 1. The fraction of sp³-hybridized carbons (Fsp3) is 0.333. The van der Waals surface area contributed by atoms with E-state index in [1.54, 1.807) is 18.4 Å². The predicted molar refractivity (Wildman–Crippen MR) is 96.6 cm³/mol. The summed E-state index contributed by atoms with van der Waals surface area (Å²) in [6.07, 6.45) is 4.22. The number of rotatable bonds is 3. The van der Waals surface area contributed by atoms with Crippen molar-refractivity contribution in [1.29, 1.82) is 0 Å². The first-order valence-corrected chi connectivity index (χ1v) is 8.91. The first kappa shape index (κ1) is 15.2. The van der Waals surface area contributed by atoms with Crippen LogP contribution in [0.3, 0.4) is 0 Å². The third-order valence-corrected chi connectivity index (χ3v) is 5.48. The molecule has 1 atom stereocenters. The second-order valence-corrected chi connectivity index (χ2v) is 7.35. The van der Waals surface area contributed by atoms with E-state index in [2.05, 4.69) is 30.2 Å². The zero-order valence-corrected chi connectivity index (χ0v) is 14.6. The molecule has 6 heteroatoms. The van der Waals surface area contributed by atoms with Gasteiger partial charge >= 0.3 is 0 Å². The molecule has 2 aromatic heterocycles. The fourth-order valence-corrected chi connectivity index (χ4v) is 4.08. The van der Waals surface area contributed by atoms with Crippen LogP contribution in [0, 0.1) is 0 Å². The second kappa shape index (κ2) is 5.94. The van der Waals surface area contributed by atoms with Gasteiger partial charge in [-0.2, -0.15) is 5.10 Å². The van der Waals surface area contributed by atoms with Crippen molar-refractivity contribution >= 4 is 16.5 Å². The monoisotopic (exact) mass is 340 g/mol. The highest BCUT2D eigenvalue weighted by Gasteiger charge is 2.25. The van der Waals surface area contributed by atoms with Crippen LogP contribution in [0.1, 0.15) is 35.4 Å². The lowest BCUT2D eigenvalue weighted by atomic mass is 10.0. The second-order valence-electron chi connectivity index (χ2n) is 6.24. The molecule has 24 heavy (non-hydrogen) atoms. The molecule has 3 aromatic rings. The van der Waals surface area contributed by atoms with Crippen LogP contribution in [-0.2, 0) is 13.0 Å². The van der Waals surface area contributed by atoms with E-state index in [-0.39, 0.29) is 0 Å². The van der Waals surface area contributed by atoms with Crippen LogP contribution in [0.15, 0.2) is 30.5 Å². The van der Waals surface area contributed by atoms with Crippen LogP contribution in [0.5, 0.6) is 5.75 Å². The summed E-state index contributed by atoms with van der Waals surface area (Å²) in [6.45, 7) is 2.97. The van der Waals surface area contributed by atoms with E-state index >= 15 is 0 Å². The molecular formula is C18H20N4OS. The number of anilines is 1. The summed E-state index contributed by atoms with van der Waals surface area (Å²) < 4.78 is 7.22. The quantitative estimate of drug-likeness (QED) is 0.789. The van der Waals surface area contributed by atoms with Gasteiger partial charge in [0.1, 0.15) is 5.75 Å². The summed E-state index contributed by atoms with van der Waals surface area (Å²) >= 11 is 1.60. The van der Waals surface area contributed by atoms with Gasteiger partial charge in [-0.05, 0) is 30.5 Å². The summed E-state index contributed by atoms with van der Waals surface area (Å²) in [7, 11) is 1.68. The number of hydrogen-bond donors (Lipinski definition) is 1. The SMILES string of the molecule is COc1ccc(Cn2cc3c(n2)C(C)CCc2sc(N)nc2-3)cc1. The Bertz CT molecular complexity index is 866. The number of benzene rings is 1. The van der Waals surface area contributed by atoms with Crippen LogP contribution in [0.4, 0.5) is 5.13 Å². The molecule has 0 fully saturated rings. The Morgan fingerprint density at radius 2 is 2.12 bits per heavy atom. The lowest BCUT2D eigenvalue weighted by Crippen LogP contribution is -2.03. The van der Waals surface area contributed by atoms with Gasteiger partial charge in [0.15, 0.2) is 5.13 Å². The van der Waals surface area contributed by atoms with Gasteiger partial charge in [0, 0.05) is 22.6 Å². The van der Waals surface area contributed by atoms with E-state index in [4.69, 9.17) is 15.6 Å². The molecule has 1 aliphatic rings. The number of hydrogen-bond acceptors (Lipinski definition) is 5. The van der Waals surface area contributed by atoms with Gasteiger partial charge in [-0.3, -0.25) is 4.68 Å². The van der Waals surface area contributed by atoms with E-state index in [1.807, 2.05) is 16.8 Å². The number of fused-ring (bicyclic) bond motifs is 3. The number of nitrogens with zero attached hydrogens (tertiary/aromatic N) is 3. The Morgan fingerprint density at radius 3 is 2.88 bits per heavy atom. The van der Waals surface area contributed by atoms with E-state index in [9.17, 15) is 0 Å². The number of aryl methyl sites for hydroxylation is 1. The van der Waals surface area contributed by atoms with E-state index in [0.29, 0.717) is 11.0 Å². The molecule has 4 rings (SSSR count). The van der Waals surface area contributed by atoms with Crippen molar-refractivity contribution in [1.82, 2.24) is 14.8 Å². The number of aromatic nitrogens is 3. The molecule has 124 valence electrons. The fourth-order valence-electron chi connectivity index (χ4n) is 3.22. The lowest BCUT2D eigenvalue weighted by molar-refractivity contribution is 0.414. The van der Waals surface area contributed by atoms with Crippen LogP contribution >= 0.6 is 11.3 Å². The Morgan fingerprint density at radius 1 is 1.33 bits per heavy atom. The highest BCUT2D eigenvalue weighted by atomic mass is 32.1. The molecule has 1 unspecified atom stereocenters. The Balaban J connectivity index is 1.69. The first-order chi connectivity index (χ1) is 11.6. The van der Waals surface area contributed by atoms with Crippen molar-refractivity contribution in [2.24, 2.45) is 0 Å². The maximum absolute atomic E-state index is 5.93. The number of nitrogens with two attached hydrogens (primary N) is 1.